The predicted molar refractivity (Wildman–Crippen MR) is 108 cm³/mol. The number of alkyl halides is 3. The van der Waals surface area contributed by atoms with Crippen LogP contribution in [-0.4, -0.2) is 37.4 Å². The van der Waals surface area contributed by atoms with E-state index in [2.05, 4.69) is 30.9 Å². The maximum Gasteiger partial charge on any atom is 0.573 e. The van der Waals surface area contributed by atoms with Crippen LogP contribution < -0.4 is 10.1 Å². The largest absolute Gasteiger partial charge is 0.573 e. The highest BCUT2D eigenvalue weighted by Gasteiger charge is 2.31. The van der Waals surface area contributed by atoms with Gasteiger partial charge < -0.3 is 10.1 Å². The third-order valence-electron chi connectivity index (χ3n) is 4.22. The third kappa shape index (κ3) is 6.22. The number of hydrogen-bond acceptors (Lipinski definition) is 3. The molecule has 2 aromatic carbocycles. The number of nitrogens with one attached hydrogen (secondary N) is 1. The number of benzene rings is 2. The van der Waals surface area contributed by atoms with Gasteiger partial charge in [0.1, 0.15) is 11.6 Å². The van der Waals surface area contributed by atoms with Gasteiger partial charge in [-0.2, -0.15) is 0 Å². The zero-order valence-electron chi connectivity index (χ0n) is 14.5. The molecule has 1 atom stereocenters. The number of rotatable bonds is 4. The summed E-state index contributed by atoms with van der Waals surface area (Å²) in [5, 5.41) is 3.24. The fourth-order valence-electron chi connectivity index (χ4n) is 3.11. The Morgan fingerprint density at radius 1 is 1.00 bits per heavy atom. The Bertz CT molecular complexity index is 756. The van der Waals surface area contributed by atoms with Crippen LogP contribution in [0.4, 0.5) is 17.6 Å². The van der Waals surface area contributed by atoms with E-state index in [-0.39, 0.29) is 36.4 Å². The average Bonchev–Trinajstić information content (AvgIpc) is 2.60. The molecular formula is C18H19BrCl2F4N2O. The van der Waals surface area contributed by atoms with Crippen LogP contribution in [0, 0.1) is 5.82 Å². The van der Waals surface area contributed by atoms with Gasteiger partial charge in [-0.15, -0.1) is 38.0 Å². The number of ether oxygens (including phenoxy) is 1. The van der Waals surface area contributed by atoms with Crippen LogP contribution in [0.2, 0.25) is 0 Å². The average molecular weight is 506 g/mol. The Balaban J connectivity index is 0.00000196. The van der Waals surface area contributed by atoms with Gasteiger partial charge in [-0.3, -0.25) is 4.90 Å². The lowest BCUT2D eigenvalue weighted by atomic mass is 9.96. The van der Waals surface area contributed by atoms with E-state index in [9.17, 15) is 17.6 Å². The fraction of sp³-hybridized carbons (Fsp3) is 0.333. The maximum atomic E-state index is 14.7. The van der Waals surface area contributed by atoms with Crippen LogP contribution >= 0.6 is 40.7 Å². The number of hydrogen-bond donors (Lipinski definition) is 1. The van der Waals surface area contributed by atoms with Gasteiger partial charge in [0.05, 0.1) is 10.5 Å². The molecule has 156 valence electrons. The quantitative estimate of drug-likeness (QED) is 0.569. The van der Waals surface area contributed by atoms with Crippen molar-refractivity contribution in [3.8, 4) is 5.75 Å². The summed E-state index contributed by atoms with van der Waals surface area (Å²) in [6, 6.07) is 10.3. The number of nitrogens with zero attached hydrogens (tertiary/aromatic N) is 1. The molecule has 3 rings (SSSR count). The topological polar surface area (TPSA) is 24.5 Å². The van der Waals surface area contributed by atoms with E-state index in [0.29, 0.717) is 28.7 Å². The molecule has 28 heavy (non-hydrogen) atoms. The van der Waals surface area contributed by atoms with E-state index in [1.54, 1.807) is 30.3 Å². The lowest BCUT2D eigenvalue weighted by molar-refractivity contribution is -0.274. The molecule has 0 amide bonds. The molecule has 3 nitrogen and oxygen atoms in total. The first-order valence-electron chi connectivity index (χ1n) is 8.09. The second-order valence-corrected chi connectivity index (χ2v) is 6.80. The number of piperazine rings is 1. The molecule has 0 aromatic heterocycles. The van der Waals surface area contributed by atoms with Gasteiger partial charge in [-0.25, -0.2) is 4.39 Å². The third-order valence-corrected chi connectivity index (χ3v) is 4.83. The zero-order valence-corrected chi connectivity index (χ0v) is 17.7. The second kappa shape index (κ2) is 10.6. The monoisotopic (exact) mass is 504 g/mol. The zero-order chi connectivity index (χ0) is 18.7. The Hall–Kier alpha value is -1.06. The van der Waals surface area contributed by atoms with Gasteiger partial charge in [0, 0.05) is 31.7 Å². The van der Waals surface area contributed by atoms with E-state index in [4.69, 9.17) is 0 Å². The molecule has 1 aliphatic heterocycles. The summed E-state index contributed by atoms with van der Waals surface area (Å²) in [5.74, 6) is -0.665. The maximum absolute atomic E-state index is 14.7. The molecule has 0 unspecified atom stereocenters. The molecule has 0 spiro atoms. The van der Waals surface area contributed by atoms with Crippen LogP contribution in [0.5, 0.6) is 5.75 Å². The highest BCUT2D eigenvalue weighted by atomic mass is 79.9. The molecule has 0 saturated carbocycles. The summed E-state index contributed by atoms with van der Waals surface area (Å²) in [6.45, 7) is 2.94. The van der Waals surface area contributed by atoms with E-state index < -0.39 is 12.4 Å². The second-order valence-electron chi connectivity index (χ2n) is 5.95. The van der Waals surface area contributed by atoms with Gasteiger partial charge in [0.2, 0.25) is 0 Å². The first kappa shape index (κ1) is 25.0. The normalized spacial score (nSPS) is 15.9. The van der Waals surface area contributed by atoms with Crippen molar-refractivity contribution >= 4 is 40.7 Å². The molecular weight excluding hydrogens is 487 g/mol. The molecule has 1 fully saturated rings. The van der Waals surface area contributed by atoms with Gasteiger partial charge in [-0.1, -0.05) is 24.3 Å². The predicted octanol–water partition coefficient (Wildman–Crippen LogP) is 5.33. The van der Waals surface area contributed by atoms with E-state index >= 15 is 0 Å². The Kier molecular flexibility index (Phi) is 9.49. The minimum atomic E-state index is -4.74. The molecule has 10 heteroatoms. The molecule has 1 heterocycles. The van der Waals surface area contributed by atoms with Crippen LogP contribution in [0.25, 0.3) is 0 Å². The fourth-order valence-corrected chi connectivity index (χ4v) is 3.49. The van der Waals surface area contributed by atoms with Gasteiger partial charge >= 0.3 is 6.36 Å². The van der Waals surface area contributed by atoms with Crippen LogP contribution in [-0.2, 0) is 0 Å². The van der Waals surface area contributed by atoms with Crippen molar-refractivity contribution in [1.29, 1.82) is 0 Å². The standard InChI is InChI=1S/C18H17BrF4N2O.2ClH/c19-15-3-1-2-14(16(15)20)17(25-10-8-24-9-11-25)12-4-6-13(7-5-12)26-18(21,22)23;;/h1-7,17,24H,8-11H2;2*1H/t17-;;/m1../s1. The van der Waals surface area contributed by atoms with Crippen molar-refractivity contribution in [2.75, 3.05) is 26.2 Å². The van der Waals surface area contributed by atoms with Crippen molar-refractivity contribution in [2.24, 2.45) is 0 Å². The van der Waals surface area contributed by atoms with Crippen molar-refractivity contribution in [3.05, 3.63) is 63.9 Å². The highest BCUT2D eigenvalue weighted by Crippen LogP contribution is 2.34. The summed E-state index contributed by atoms with van der Waals surface area (Å²) in [7, 11) is 0. The van der Waals surface area contributed by atoms with E-state index in [1.807, 2.05) is 0 Å². The molecule has 0 radical (unpaired) electrons. The molecule has 1 N–H and O–H groups in total. The summed E-state index contributed by atoms with van der Waals surface area (Å²) >= 11 is 3.20. The smallest absolute Gasteiger partial charge is 0.406 e. The van der Waals surface area contributed by atoms with Gasteiger partial charge in [0.15, 0.2) is 0 Å². The van der Waals surface area contributed by atoms with Crippen LogP contribution in [0.3, 0.4) is 0 Å². The Morgan fingerprint density at radius 2 is 1.61 bits per heavy atom. The lowest BCUT2D eigenvalue weighted by Gasteiger charge is -2.35. The summed E-state index contributed by atoms with van der Waals surface area (Å²) < 4.78 is 56.1. The first-order valence-corrected chi connectivity index (χ1v) is 8.89. The molecule has 1 aliphatic rings. The molecule has 2 aromatic rings. The van der Waals surface area contributed by atoms with Crippen molar-refractivity contribution in [1.82, 2.24) is 10.2 Å². The van der Waals surface area contributed by atoms with Crippen LogP contribution in [0.15, 0.2) is 46.9 Å². The van der Waals surface area contributed by atoms with Crippen LogP contribution in [0.1, 0.15) is 17.2 Å². The Morgan fingerprint density at radius 3 is 2.18 bits per heavy atom. The molecule has 0 bridgehead atoms. The molecule has 1 saturated heterocycles. The summed E-state index contributed by atoms with van der Waals surface area (Å²) in [5.41, 5.74) is 1.18. The van der Waals surface area contributed by atoms with Crippen molar-refractivity contribution < 1.29 is 22.3 Å². The summed E-state index contributed by atoms with van der Waals surface area (Å²) in [4.78, 5) is 2.11. The van der Waals surface area contributed by atoms with Crippen molar-refractivity contribution in [2.45, 2.75) is 12.4 Å². The number of halogens is 7. The highest BCUT2D eigenvalue weighted by molar-refractivity contribution is 9.10. The first-order chi connectivity index (χ1) is 12.3. The van der Waals surface area contributed by atoms with Crippen molar-refractivity contribution in [3.63, 3.8) is 0 Å². The Labute approximate surface area is 181 Å². The van der Waals surface area contributed by atoms with E-state index in [1.165, 1.54) is 12.1 Å². The SMILES string of the molecule is Cl.Cl.Fc1c(Br)cccc1[C@@H](c1ccc(OC(F)(F)F)cc1)N1CCNCC1. The van der Waals surface area contributed by atoms with Gasteiger partial charge in [0.25, 0.3) is 0 Å². The molecule has 0 aliphatic carbocycles. The van der Waals surface area contributed by atoms with E-state index in [0.717, 1.165) is 13.1 Å². The minimum absolute atomic E-state index is 0. The minimum Gasteiger partial charge on any atom is -0.406 e. The lowest BCUT2D eigenvalue weighted by Crippen LogP contribution is -2.45. The van der Waals surface area contributed by atoms with Gasteiger partial charge in [-0.05, 0) is 39.7 Å². The summed E-state index contributed by atoms with van der Waals surface area (Å²) in [6.07, 6.45) is -4.74.